The predicted molar refractivity (Wildman–Crippen MR) is 171 cm³/mol. The average molecular weight is 551 g/mol. The van der Waals surface area contributed by atoms with Crippen molar-refractivity contribution in [3.05, 3.63) is 0 Å². The molecule has 0 saturated carbocycles. The number of rotatable bonds is 32. The summed E-state index contributed by atoms with van der Waals surface area (Å²) < 4.78 is 0. The maximum atomic E-state index is 12.8. The highest BCUT2D eigenvalue weighted by Crippen LogP contribution is 2.18. The van der Waals surface area contributed by atoms with Gasteiger partial charge in [-0.3, -0.25) is 9.59 Å². The third-order valence-electron chi connectivity index (χ3n) is 8.24. The SMILES string of the molecule is CCCCCCCCCCCCCCCC(=O)C[C@H](CCCCN)C(=O)NCCCCCCCCCCCC. The van der Waals surface area contributed by atoms with E-state index in [9.17, 15) is 9.59 Å². The van der Waals surface area contributed by atoms with Crippen LogP contribution in [0.15, 0.2) is 0 Å². The molecule has 39 heavy (non-hydrogen) atoms. The Hall–Kier alpha value is -0.900. The number of amides is 1. The molecule has 1 amide bonds. The van der Waals surface area contributed by atoms with Crippen molar-refractivity contribution < 1.29 is 9.59 Å². The van der Waals surface area contributed by atoms with Crippen LogP contribution in [-0.2, 0) is 9.59 Å². The number of ketones is 1. The highest BCUT2D eigenvalue weighted by Gasteiger charge is 2.21. The average Bonchev–Trinajstić information content (AvgIpc) is 2.93. The van der Waals surface area contributed by atoms with Gasteiger partial charge in [-0.1, -0.05) is 155 Å². The van der Waals surface area contributed by atoms with Crippen LogP contribution in [-0.4, -0.2) is 24.8 Å². The molecule has 0 aromatic carbocycles. The fourth-order valence-electron chi connectivity index (χ4n) is 5.55. The van der Waals surface area contributed by atoms with Crippen molar-refractivity contribution in [1.29, 1.82) is 0 Å². The van der Waals surface area contributed by atoms with Crippen LogP contribution in [0.2, 0.25) is 0 Å². The van der Waals surface area contributed by atoms with Crippen LogP contribution in [0.4, 0.5) is 0 Å². The number of unbranched alkanes of at least 4 members (excludes halogenated alkanes) is 22. The summed E-state index contributed by atoms with van der Waals surface area (Å²) in [7, 11) is 0. The Labute approximate surface area is 244 Å². The van der Waals surface area contributed by atoms with Crippen molar-refractivity contribution in [2.24, 2.45) is 11.7 Å². The van der Waals surface area contributed by atoms with Crippen LogP contribution in [0.3, 0.4) is 0 Å². The smallest absolute Gasteiger partial charge is 0.223 e. The molecule has 4 heteroatoms. The summed E-state index contributed by atoms with van der Waals surface area (Å²) in [4.78, 5) is 25.5. The lowest BCUT2D eigenvalue weighted by Gasteiger charge is -2.16. The molecule has 0 aliphatic rings. The third kappa shape index (κ3) is 28.4. The molecular formula is C35H70N2O2. The van der Waals surface area contributed by atoms with Gasteiger partial charge in [0.2, 0.25) is 5.91 Å². The van der Waals surface area contributed by atoms with E-state index in [1.54, 1.807) is 0 Å². The molecule has 0 aromatic heterocycles. The highest BCUT2D eigenvalue weighted by molar-refractivity contribution is 5.86. The lowest BCUT2D eigenvalue weighted by atomic mass is 9.93. The molecule has 3 N–H and O–H groups in total. The largest absolute Gasteiger partial charge is 0.356 e. The molecule has 232 valence electrons. The van der Waals surface area contributed by atoms with Crippen LogP contribution >= 0.6 is 0 Å². The van der Waals surface area contributed by atoms with Gasteiger partial charge in [-0.15, -0.1) is 0 Å². The van der Waals surface area contributed by atoms with E-state index in [1.807, 2.05) is 0 Å². The summed E-state index contributed by atoms with van der Waals surface area (Å²) in [5.41, 5.74) is 5.66. The van der Waals surface area contributed by atoms with Gasteiger partial charge in [0.15, 0.2) is 0 Å². The summed E-state index contributed by atoms with van der Waals surface area (Å²) in [6, 6.07) is 0. The summed E-state index contributed by atoms with van der Waals surface area (Å²) >= 11 is 0. The molecule has 0 heterocycles. The first-order chi connectivity index (χ1) is 19.2. The molecule has 0 aromatic rings. The number of carbonyl (C=O) groups excluding carboxylic acids is 2. The minimum Gasteiger partial charge on any atom is -0.356 e. The molecule has 0 aliphatic heterocycles. The molecule has 0 spiro atoms. The van der Waals surface area contributed by atoms with Gasteiger partial charge in [-0.2, -0.15) is 0 Å². The molecule has 0 unspecified atom stereocenters. The highest BCUT2D eigenvalue weighted by atomic mass is 16.2. The summed E-state index contributed by atoms with van der Waals surface area (Å²) in [5, 5.41) is 3.14. The van der Waals surface area contributed by atoms with Gasteiger partial charge in [0.1, 0.15) is 5.78 Å². The Morgan fingerprint density at radius 3 is 1.38 bits per heavy atom. The number of hydrogen-bond acceptors (Lipinski definition) is 3. The lowest BCUT2D eigenvalue weighted by Crippen LogP contribution is -2.33. The monoisotopic (exact) mass is 551 g/mol. The van der Waals surface area contributed by atoms with Crippen molar-refractivity contribution >= 4 is 11.7 Å². The molecule has 0 fully saturated rings. The second-order valence-corrected chi connectivity index (χ2v) is 12.2. The van der Waals surface area contributed by atoms with E-state index in [4.69, 9.17) is 5.73 Å². The minimum atomic E-state index is -0.172. The quantitative estimate of drug-likeness (QED) is 0.0818. The van der Waals surface area contributed by atoms with E-state index in [-0.39, 0.29) is 17.6 Å². The zero-order valence-corrected chi connectivity index (χ0v) is 26.7. The molecule has 1 atom stereocenters. The van der Waals surface area contributed by atoms with Crippen LogP contribution in [0.25, 0.3) is 0 Å². The van der Waals surface area contributed by atoms with Gasteiger partial charge in [0.25, 0.3) is 0 Å². The number of Topliss-reactive ketones (excluding diaryl/α,β-unsaturated/α-hetero) is 1. The topological polar surface area (TPSA) is 72.2 Å². The number of nitrogens with one attached hydrogen (secondary N) is 1. The standard InChI is InChI=1S/C35H70N2O2/c1-3-5-7-9-11-13-15-16-17-18-20-22-24-29-34(38)32-33(28-25-26-30-36)35(39)37-31-27-23-21-19-14-12-10-8-6-4-2/h33H,3-32,36H2,1-2H3,(H,37,39)/t33-/m0/s1. The number of nitrogens with two attached hydrogens (primary N) is 1. The normalized spacial score (nSPS) is 12.1. The molecule has 0 saturated heterocycles. The lowest BCUT2D eigenvalue weighted by molar-refractivity contribution is -0.129. The number of carbonyl (C=O) groups is 2. The Balaban J connectivity index is 3.88. The predicted octanol–water partition coefficient (Wildman–Crippen LogP) is 10.2. The van der Waals surface area contributed by atoms with Gasteiger partial charge in [0.05, 0.1) is 0 Å². The summed E-state index contributed by atoms with van der Waals surface area (Å²) in [6.45, 7) is 5.94. The van der Waals surface area contributed by atoms with Crippen LogP contribution in [0.1, 0.15) is 194 Å². The first kappa shape index (κ1) is 38.1. The van der Waals surface area contributed by atoms with Crippen LogP contribution in [0.5, 0.6) is 0 Å². The van der Waals surface area contributed by atoms with Crippen molar-refractivity contribution in [2.75, 3.05) is 13.1 Å². The Kier molecular flexibility index (Phi) is 30.9. The molecular weight excluding hydrogens is 480 g/mol. The second kappa shape index (κ2) is 31.6. The van der Waals surface area contributed by atoms with E-state index in [0.717, 1.165) is 45.1 Å². The van der Waals surface area contributed by atoms with Gasteiger partial charge in [-0.05, 0) is 32.2 Å². The molecule has 4 nitrogen and oxygen atoms in total. The van der Waals surface area contributed by atoms with Crippen molar-refractivity contribution in [2.45, 2.75) is 194 Å². The van der Waals surface area contributed by atoms with Gasteiger partial charge in [0, 0.05) is 25.3 Å². The van der Waals surface area contributed by atoms with Crippen molar-refractivity contribution in [3.8, 4) is 0 Å². The number of hydrogen-bond donors (Lipinski definition) is 2. The minimum absolute atomic E-state index is 0.0849. The molecule has 0 aliphatic carbocycles. The fourth-order valence-corrected chi connectivity index (χ4v) is 5.55. The molecule has 0 radical (unpaired) electrons. The third-order valence-corrected chi connectivity index (χ3v) is 8.24. The van der Waals surface area contributed by atoms with Gasteiger partial charge < -0.3 is 11.1 Å². The maximum Gasteiger partial charge on any atom is 0.223 e. The molecule has 0 rings (SSSR count). The second-order valence-electron chi connectivity index (χ2n) is 12.2. The summed E-state index contributed by atoms with van der Waals surface area (Å²) in [5.74, 6) is 0.181. The Morgan fingerprint density at radius 2 is 0.949 bits per heavy atom. The van der Waals surface area contributed by atoms with Crippen LogP contribution in [0, 0.1) is 5.92 Å². The van der Waals surface area contributed by atoms with E-state index in [0.29, 0.717) is 19.4 Å². The van der Waals surface area contributed by atoms with Crippen molar-refractivity contribution in [3.63, 3.8) is 0 Å². The zero-order valence-electron chi connectivity index (χ0n) is 26.7. The molecule has 0 bridgehead atoms. The Morgan fingerprint density at radius 1 is 0.538 bits per heavy atom. The first-order valence-electron chi connectivity index (χ1n) is 17.6. The van der Waals surface area contributed by atoms with Gasteiger partial charge >= 0.3 is 0 Å². The zero-order chi connectivity index (χ0) is 28.7. The van der Waals surface area contributed by atoms with E-state index in [2.05, 4.69) is 19.2 Å². The van der Waals surface area contributed by atoms with E-state index < -0.39 is 0 Å². The Bertz CT molecular complexity index is 523. The van der Waals surface area contributed by atoms with Gasteiger partial charge in [-0.25, -0.2) is 0 Å². The first-order valence-corrected chi connectivity index (χ1v) is 17.6. The fraction of sp³-hybridized carbons (Fsp3) is 0.943. The van der Waals surface area contributed by atoms with E-state index in [1.165, 1.54) is 128 Å². The van der Waals surface area contributed by atoms with Crippen LogP contribution < -0.4 is 11.1 Å². The summed E-state index contributed by atoms with van der Waals surface area (Å²) in [6.07, 6.45) is 33.8. The van der Waals surface area contributed by atoms with Crippen molar-refractivity contribution in [1.82, 2.24) is 5.32 Å². The maximum absolute atomic E-state index is 12.8. The van der Waals surface area contributed by atoms with E-state index >= 15 is 0 Å².